The minimum Gasteiger partial charge on any atom is -0.489 e. The monoisotopic (exact) mass is 327 g/mol. The second-order valence-corrected chi connectivity index (χ2v) is 5.99. The van der Waals surface area contributed by atoms with E-state index < -0.39 is 0 Å². The summed E-state index contributed by atoms with van der Waals surface area (Å²) in [7, 11) is 1.78. The molecule has 2 rings (SSSR count). The second-order valence-electron chi connectivity index (χ2n) is 5.99. The Hall–Kier alpha value is -2.56. The van der Waals surface area contributed by atoms with Gasteiger partial charge in [-0.05, 0) is 50.6 Å². The van der Waals surface area contributed by atoms with E-state index in [2.05, 4.69) is 10.3 Å². The number of carbonyl (C=O) groups is 1. The Morgan fingerprint density at radius 2 is 1.79 bits per heavy atom. The van der Waals surface area contributed by atoms with E-state index in [1.54, 1.807) is 24.3 Å². The van der Waals surface area contributed by atoms with Crippen LogP contribution in [-0.2, 0) is 0 Å². The van der Waals surface area contributed by atoms with Crippen LogP contribution in [0.1, 0.15) is 31.0 Å². The first kappa shape index (κ1) is 17.8. The van der Waals surface area contributed by atoms with E-state index in [4.69, 9.17) is 4.74 Å². The molecule has 2 amide bonds. The van der Waals surface area contributed by atoms with E-state index >= 15 is 0 Å². The van der Waals surface area contributed by atoms with Crippen molar-refractivity contribution < 1.29 is 9.53 Å². The van der Waals surface area contributed by atoms with Crippen molar-refractivity contribution in [3.8, 4) is 5.75 Å². The number of nitrogens with one attached hydrogen (secondary N) is 1. The molecule has 0 spiro atoms. The summed E-state index contributed by atoms with van der Waals surface area (Å²) < 4.78 is 5.80. The van der Waals surface area contributed by atoms with Crippen LogP contribution < -0.4 is 10.1 Å². The zero-order valence-corrected chi connectivity index (χ0v) is 14.7. The number of amides is 2. The molecule has 0 saturated heterocycles. The van der Waals surface area contributed by atoms with Gasteiger partial charge in [-0.2, -0.15) is 0 Å². The van der Waals surface area contributed by atoms with Crippen molar-refractivity contribution in [1.29, 1.82) is 0 Å². The van der Waals surface area contributed by atoms with Crippen LogP contribution in [-0.4, -0.2) is 35.6 Å². The number of nitrogens with zero attached hydrogens (tertiary/aromatic N) is 2. The number of rotatable bonds is 6. The average molecular weight is 327 g/mol. The zero-order valence-electron chi connectivity index (χ0n) is 14.7. The molecule has 5 nitrogen and oxygen atoms in total. The van der Waals surface area contributed by atoms with Crippen molar-refractivity contribution >= 4 is 6.03 Å². The maximum atomic E-state index is 12.3. The highest BCUT2D eigenvalue weighted by atomic mass is 16.5. The van der Waals surface area contributed by atoms with Crippen molar-refractivity contribution in [2.75, 3.05) is 13.6 Å². The summed E-state index contributed by atoms with van der Waals surface area (Å²) >= 11 is 0. The third-order valence-corrected chi connectivity index (χ3v) is 3.99. The van der Waals surface area contributed by atoms with Crippen LogP contribution in [0.5, 0.6) is 5.75 Å². The summed E-state index contributed by atoms with van der Waals surface area (Å²) in [6.45, 7) is 6.40. The fourth-order valence-corrected chi connectivity index (χ4v) is 2.29. The van der Waals surface area contributed by atoms with Crippen molar-refractivity contribution in [2.24, 2.45) is 0 Å². The van der Waals surface area contributed by atoms with Crippen LogP contribution >= 0.6 is 0 Å². The van der Waals surface area contributed by atoms with Gasteiger partial charge >= 0.3 is 6.03 Å². The van der Waals surface area contributed by atoms with Gasteiger partial charge in [0.05, 0.1) is 12.6 Å². The molecule has 0 aliphatic heterocycles. The van der Waals surface area contributed by atoms with Gasteiger partial charge in [-0.15, -0.1) is 0 Å². The highest BCUT2D eigenvalue weighted by Crippen LogP contribution is 2.17. The topological polar surface area (TPSA) is 54.5 Å². The van der Waals surface area contributed by atoms with Crippen LogP contribution in [0, 0.1) is 6.92 Å². The van der Waals surface area contributed by atoms with E-state index in [9.17, 15) is 4.79 Å². The fourth-order valence-electron chi connectivity index (χ4n) is 2.29. The number of benzene rings is 1. The van der Waals surface area contributed by atoms with Crippen molar-refractivity contribution in [3.05, 3.63) is 59.9 Å². The molecule has 24 heavy (non-hydrogen) atoms. The van der Waals surface area contributed by atoms with Crippen LogP contribution in [0.15, 0.2) is 48.8 Å². The molecule has 0 aliphatic carbocycles. The first-order valence-electron chi connectivity index (χ1n) is 8.11. The Morgan fingerprint density at radius 3 is 2.42 bits per heavy atom. The van der Waals surface area contributed by atoms with Crippen LogP contribution in [0.4, 0.5) is 4.79 Å². The number of aromatic nitrogens is 1. The SMILES string of the molecule is Cc1ccc(O[C@@H](C)CNC(=O)N(C)[C@@H](C)c2ccncc2)cc1. The lowest BCUT2D eigenvalue weighted by Gasteiger charge is -2.26. The van der Waals surface area contributed by atoms with Gasteiger partial charge in [0.2, 0.25) is 0 Å². The number of aryl methyl sites for hydroxylation is 1. The number of pyridine rings is 1. The Bertz CT molecular complexity index is 643. The second kappa shape index (κ2) is 8.34. The van der Waals surface area contributed by atoms with Gasteiger partial charge in [0.1, 0.15) is 11.9 Å². The van der Waals surface area contributed by atoms with E-state index in [1.165, 1.54) is 5.56 Å². The molecule has 0 bridgehead atoms. The maximum Gasteiger partial charge on any atom is 0.317 e. The van der Waals surface area contributed by atoms with Crippen molar-refractivity contribution in [2.45, 2.75) is 32.9 Å². The molecule has 2 atom stereocenters. The number of hydrogen-bond donors (Lipinski definition) is 1. The number of hydrogen-bond acceptors (Lipinski definition) is 3. The number of ether oxygens (including phenoxy) is 1. The molecule has 1 N–H and O–H groups in total. The molecule has 0 radical (unpaired) electrons. The predicted octanol–water partition coefficient (Wildman–Crippen LogP) is 3.56. The Kier molecular flexibility index (Phi) is 6.18. The molecule has 5 heteroatoms. The molecule has 2 aromatic rings. The lowest BCUT2D eigenvalue weighted by Crippen LogP contribution is -2.42. The Labute approximate surface area is 143 Å². The molecular formula is C19H25N3O2. The minimum absolute atomic E-state index is 0.0266. The first-order valence-corrected chi connectivity index (χ1v) is 8.11. The van der Waals surface area contributed by atoms with Gasteiger partial charge in [0, 0.05) is 19.4 Å². The minimum atomic E-state index is -0.126. The summed E-state index contributed by atoms with van der Waals surface area (Å²) in [6, 6.07) is 11.6. The molecule has 1 heterocycles. The smallest absolute Gasteiger partial charge is 0.317 e. The first-order chi connectivity index (χ1) is 11.5. The molecule has 1 aromatic heterocycles. The summed E-state index contributed by atoms with van der Waals surface area (Å²) in [6.07, 6.45) is 3.35. The highest BCUT2D eigenvalue weighted by Gasteiger charge is 2.17. The normalized spacial score (nSPS) is 13.0. The number of urea groups is 1. The highest BCUT2D eigenvalue weighted by molar-refractivity contribution is 5.74. The Balaban J connectivity index is 1.82. The lowest BCUT2D eigenvalue weighted by atomic mass is 10.1. The molecule has 0 fully saturated rings. The van der Waals surface area contributed by atoms with Gasteiger partial charge in [0.15, 0.2) is 0 Å². The van der Waals surface area contributed by atoms with E-state index in [0.717, 1.165) is 11.3 Å². The summed E-state index contributed by atoms with van der Waals surface area (Å²) in [5, 5.41) is 2.91. The van der Waals surface area contributed by atoms with Crippen LogP contribution in [0.25, 0.3) is 0 Å². The van der Waals surface area contributed by atoms with E-state index in [1.807, 2.05) is 57.2 Å². The average Bonchev–Trinajstić information content (AvgIpc) is 2.61. The molecule has 1 aromatic carbocycles. The third-order valence-electron chi connectivity index (χ3n) is 3.99. The predicted molar refractivity (Wildman–Crippen MR) is 95.1 cm³/mol. The largest absolute Gasteiger partial charge is 0.489 e. The molecule has 0 aliphatic rings. The molecular weight excluding hydrogens is 302 g/mol. The standard InChI is InChI=1S/C19H25N3O2/c1-14-5-7-18(8-6-14)24-15(2)13-21-19(23)22(4)16(3)17-9-11-20-12-10-17/h5-12,15-16H,13H2,1-4H3,(H,21,23)/t15-,16-/m0/s1. The molecule has 0 unspecified atom stereocenters. The van der Waals surface area contributed by atoms with E-state index in [-0.39, 0.29) is 18.2 Å². The van der Waals surface area contributed by atoms with Gasteiger partial charge in [-0.25, -0.2) is 4.79 Å². The van der Waals surface area contributed by atoms with Gasteiger partial charge in [-0.1, -0.05) is 17.7 Å². The molecule has 128 valence electrons. The van der Waals surface area contributed by atoms with Gasteiger partial charge in [0.25, 0.3) is 0 Å². The zero-order chi connectivity index (χ0) is 17.5. The quantitative estimate of drug-likeness (QED) is 0.882. The molecule has 0 saturated carbocycles. The third kappa shape index (κ3) is 4.98. The van der Waals surface area contributed by atoms with Crippen molar-refractivity contribution in [3.63, 3.8) is 0 Å². The maximum absolute atomic E-state index is 12.3. The fraction of sp³-hybridized carbons (Fsp3) is 0.368. The summed E-state index contributed by atoms with van der Waals surface area (Å²) in [4.78, 5) is 18.0. The van der Waals surface area contributed by atoms with Gasteiger partial charge in [-0.3, -0.25) is 4.98 Å². The number of carbonyl (C=O) groups excluding carboxylic acids is 1. The lowest BCUT2D eigenvalue weighted by molar-refractivity contribution is 0.179. The van der Waals surface area contributed by atoms with E-state index in [0.29, 0.717) is 6.54 Å². The Morgan fingerprint density at radius 1 is 1.17 bits per heavy atom. The summed E-state index contributed by atoms with van der Waals surface area (Å²) in [5.74, 6) is 0.806. The van der Waals surface area contributed by atoms with Crippen molar-refractivity contribution in [1.82, 2.24) is 15.2 Å². The summed E-state index contributed by atoms with van der Waals surface area (Å²) in [5.41, 5.74) is 2.24. The van der Waals surface area contributed by atoms with Gasteiger partial charge < -0.3 is 15.0 Å². The van der Waals surface area contributed by atoms with Crippen LogP contribution in [0.3, 0.4) is 0 Å². The van der Waals surface area contributed by atoms with Crippen LogP contribution in [0.2, 0.25) is 0 Å².